The van der Waals surface area contributed by atoms with Crippen molar-refractivity contribution in [1.82, 2.24) is 19.7 Å². The van der Waals surface area contributed by atoms with Gasteiger partial charge in [0.05, 0.1) is 17.3 Å². The number of carboxylic acid groups (broad SMARTS) is 1. The van der Waals surface area contributed by atoms with Gasteiger partial charge in [0, 0.05) is 23.5 Å². The van der Waals surface area contributed by atoms with Crippen molar-refractivity contribution < 1.29 is 14.7 Å². The fraction of sp³-hybridized carbons (Fsp3) is 0.421. The summed E-state index contributed by atoms with van der Waals surface area (Å²) in [6.45, 7) is 1.75. The largest absolute Gasteiger partial charge is 0.550 e. The molecule has 2 atom stereocenters. The first kappa shape index (κ1) is 18.1. The number of allylic oxidation sites excluding steroid dienone is 2. The van der Waals surface area contributed by atoms with E-state index < -0.39 is 23.7 Å². The molecule has 28 heavy (non-hydrogen) atoms. The number of hydrogen-bond acceptors (Lipinski definition) is 6. The van der Waals surface area contributed by atoms with Crippen molar-refractivity contribution >= 4 is 17.7 Å². The Morgan fingerprint density at radius 2 is 2.00 bits per heavy atom. The fourth-order valence-electron chi connectivity index (χ4n) is 3.86. The van der Waals surface area contributed by atoms with Gasteiger partial charge in [-0.25, -0.2) is 4.98 Å². The topological polar surface area (TPSA) is 133 Å². The van der Waals surface area contributed by atoms with Crippen LogP contribution in [0.4, 0.5) is 5.82 Å². The zero-order valence-corrected chi connectivity index (χ0v) is 15.4. The molecule has 0 aromatic carbocycles. The molecule has 9 nitrogen and oxygen atoms in total. The minimum absolute atomic E-state index is 0.197. The number of aliphatic carboxylic acids is 1. The van der Waals surface area contributed by atoms with Crippen molar-refractivity contribution in [2.75, 3.05) is 5.32 Å². The lowest BCUT2D eigenvalue weighted by molar-refractivity contribution is -0.313. The first-order chi connectivity index (χ1) is 13.4. The summed E-state index contributed by atoms with van der Waals surface area (Å²) in [5, 5.41) is 18.4. The summed E-state index contributed by atoms with van der Waals surface area (Å²) in [7, 11) is 0. The van der Waals surface area contributed by atoms with Crippen molar-refractivity contribution in [2.45, 2.75) is 39.0 Å². The zero-order chi connectivity index (χ0) is 19.8. The number of amides is 1. The molecule has 0 saturated carbocycles. The van der Waals surface area contributed by atoms with Crippen LogP contribution >= 0.6 is 0 Å². The van der Waals surface area contributed by atoms with Gasteiger partial charge in [-0.1, -0.05) is 12.2 Å². The minimum Gasteiger partial charge on any atom is -0.550 e. The van der Waals surface area contributed by atoms with Crippen LogP contribution in [0, 0.1) is 18.8 Å². The first-order valence-corrected chi connectivity index (χ1v) is 9.30. The number of aromatic nitrogens is 4. The van der Waals surface area contributed by atoms with Gasteiger partial charge in [-0.05, 0) is 39.0 Å². The van der Waals surface area contributed by atoms with Gasteiger partial charge in [0.15, 0.2) is 0 Å². The molecule has 2 N–H and O–H groups in total. The molecule has 0 saturated heterocycles. The van der Waals surface area contributed by atoms with Crippen LogP contribution in [0.5, 0.6) is 0 Å². The lowest BCUT2D eigenvalue weighted by atomic mass is 9.82. The molecule has 9 heteroatoms. The van der Waals surface area contributed by atoms with Crippen molar-refractivity contribution in [2.24, 2.45) is 11.8 Å². The van der Waals surface area contributed by atoms with Gasteiger partial charge >= 0.3 is 0 Å². The summed E-state index contributed by atoms with van der Waals surface area (Å²) in [4.78, 5) is 43.7. The lowest BCUT2D eigenvalue weighted by Crippen LogP contribution is -2.41. The molecule has 0 aliphatic heterocycles. The number of fused-ring (bicyclic) bond motifs is 1. The third-order valence-electron chi connectivity index (χ3n) is 5.28. The molecule has 2 aliphatic carbocycles. The highest BCUT2D eigenvalue weighted by atomic mass is 16.4. The molecule has 0 bridgehead atoms. The van der Waals surface area contributed by atoms with E-state index in [-0.39, 0.29) is 17.9 Å². The molecular formula is C19H20N5O4-. The average Bonchev–Trinajstić information content (AvgIpc) is 3.28. The van der Waals surface area contributed by atoms with Gasteiger partial charge < -0.3 is 15.2 Å². The SMILES string of the molecule is Cc1cc(NC(=O)[C@H]2CC=CC[C@@H]2C(=O)[O-])n(-c2nc3c(c(=O)[nH]2)CCC3)n1. The van der Waals surface area contributed by atoms with Crippen molar-refractivity contribution in [3.63, 3.8) is 0 Å². The van der Waals surface area contributed by atoms with E-state index in [4.69, 9.17) is 0 Å². The van der Waals surface area contributed by atoms with E-state index in [1.807, 2.05) is 0 Å². The molecule has 0 fully saturated rings. The quantitative estimate of drug-likeness (QED) is 0.717. The summed E-state index contributed by atoms with van der Waals surface area (Å²) in [6, 6.07) is 1.65. The molecule has 1 amide bonds. The second kappa shape index (κ2) is 7.06. The number of hydrogen-bond donors (Lipinski definition) is 2. The van der Waals surface area contributed by atoms with Gasteiger partial charge in [0.2, 0.25) is 11.9 Å². The third-order valence-corrected chi connectivity index (χ3v) is 5.28. The first-order valence-electron chi connectivity index (χ1n) is 9.30. The number of rotatable bonds is 4. The van der Waals surface area contributed by atoms with Crippen LogP contribution < -0.4 is 16.0 Å². The molecular weight excluding hydrogens is 362 g/mol. The van der Waals surface area contributed by atoms with Crippen molar-refractivity contribution in [3.05, 3.63) is 45.5 Å². The molecule has 2 aromatic rings. The molecule has 0 radical (unpaired) electrons. The predicted molar refractivity (Wildman–Crippen MR) is 97.7 cm³/mol. The third kappa shape index (κ3) is 3.23. The Hall–Kier alpha value is -3.23. The summed E-state index contributed by atoms with van der Waals surface area (Å²) in [5.41, 5.74) is 1.87. The maximum absolute atomic E-state index is 12.8. The Kier molecular flexibility index (Phi) is 4.58. The van der Waals surface area contributed by atoms with Gasteiger partial charge in [-0.3, -0.25) is 14.6 Å². The van der Waals surface area contributed by atoms with Gasteiger partial charge in [0.25, 0.3) is 5.56 Å². The number of H-pyrrole nitrogens is 1. The minimum atomic E-state index is -1.24. The van der Waals surface area contributed by atoms with E-state index in [9.17, 15) is 19.5 Å². The number of nitrogens with zero attached hydrogens (tertiary/aromatic N) is 3. The number of carbonyl (C=O) groups excluding carboxylic acids is 2. The molecule has 2 aliphatic rings. The highest BCUT2D eigenvalue weighted by molar-refractivity contribution is 5.94. The Bertz CT molecular complexity index is 1040. The van der Waals surface area contributed by atoms with Crippen LogP contribution in [0.25, 0.3) is 5.95 Å². The molecule has 2 aromatic heterocycles. The molecule has 146 valence electrons. The van der Waals surface area contributed by atoms with E-state index in [0.29, 0.717) is 29.9 Å². The van der Waals surface area contributed by atoms with Crippen LogP contribution in [0.15, 0.2) is 23.0 Å². The number of nitrogens with one attached hydrogen (secondary N) is 2. The van der Waals surface area contributed by atoms with E-state index >= 15 is 0 Å². The number of anilines is 1. The normalized spacial score (nSPS) is 20.8. The lowest BCUT2D eigenvalue weighted by Gasteiger charge is -2.28. The van der Waals surface area contributed by atoms with Gasteiger partial charge in [0.1, 0.15) is 5.82 Å². The van der Waals surface area contributed by atoms with Crippen LogP contribution in [0.3, 0.4) is 0 Å². The van der Waals surface area contributed by atoms with E-state index in [0.717, 1.165) is 18.5 Å². The average molecular weight is 382 g/mol. The number of aryl methyl sites for hydroxylation is 2. The molecule has 0 spiro atoms. The van der Waals surface area contributed by atoms with Gasteiger partial charge in [-0.15, -0.1) is 0 Å². The fourth-order valence-corrected chi connectivity index (χ4v) is 3.86. The molecule has 0 unspecified atom stereocenters. The summed E-state index contributed by atoms with van der Waals surface area (Å²) in [6.07, 6.45) is 6.46. The van der Waals surface area contributed by atoms with Crippen molar-refractivity contribution in [1.29, 1.82) is 0 Å². The van der Waals surface area contributed by atoms with E-state index in [1.165, 1.54) is 4.68 Å². The maximum Gasteiger partial charge on any atom is 0.255 e. The number of aromatic amines is 1. The second-order valence-corrected chi connectivity index (χ2v) is 7.22. The van der Waals surface area contributed by atoms with Crippen LogP contribution in [0.2, 0.25) is 0 Å². The standard InChI is InChI=1S/C19H21N5O4/c1-10-9-15(21-16(25)11-5-2-3-6-12(11)18(27)28)24(23-10)19-20-14-8-4-7-13(14)17(26)22-19/h2-3,9,11-12H,4-8H2,1H3,(H,21,25)(H,27,28)(H,20,22,26)/p-1/t11-,12-/m0/s1. The Balaban J connectivity index is 1.65. The summed E-state index contributed by atoms with van der Waals surface area (Å²) >= 11 is 0. The van der Waals surface area contributed by atoms with Crippen molar-refractivity contribution in [3.8, 4) is 5.95 Å². The smallest absolute Gasteiger partial charge is 0.255 e. The molecule has 4 rings (SSSR count). The van der Waals surface area contributed by atoms with E-state index in [2.05, 4.69) is 20.4 Å². The summed E-state index contributed by atoms with van der Waals surface area (Å²) < 4.78 is 1.37. The number of carboxylic acids is 1. The van der Waals surface area contributed by atoms with Gasteiger partial charge in [-0.2, -0.15) is 9.78 Å². The number of carbonyl (C=O) groups is 2. The molecule has 2 heterocycles. The maximum atomic E-state index is 12.8. The second-order valence-electron chi connectivity index (χ2n) is 7.22. The Morgan fingerprint density at radius 1 is 1.25 bits per heavy atom. The zero-order valence-electron chi connectivity index (χ0n) is 15.4. The van der Waals surface area contributed by atoms with E-state index in [1.54, 1.807) is 25.1 Å². The summed E-state index contributed by atoms with van der Waals surface area (Å²) in [5.74, 6) is -2.71. The highest BCUT2D eigenvalue weighted by Gasteiger charge is 2.30. The highest BCUT2D eigenvalue weighted by Crippen LogP contribution is 2.27. The van der Waals surface area contributed by atoms with Crippen LogP contribution in [-0.2, 0) is 22.4 Å². The predicted octanol–water partition coefficient (Wildman–Crippen LogP) is 0.0235. The van der Waals surface area contributed by atoms with Crippen LogP contribution in [0.1, 0.15) is 36.2 Å². The monoisotopic (exact) mass is 382 g/mol. The van der Waals surface area contributed by atoms with Crippen LogP contribution in [-0.4, -0.2) is 31.6 Å². The Morgan fingerprint density at radius 3 is 2.75 bits per heavy atom. The Labute approximate surface area is 160 Å².